The van der Waals surface area contributed by atoms with Crippen molar-refractivity contribution >= 4 is 33.0 Å². The molecule has 1 aromatic carbocycles. The lowest BCUT2D eigenvalue weighted by Gasteiger charge is -2.09. The van der Waals surface area contributed by atoms with Crippen molar-refractivity contribution in [2.24, 2.45) is 7.05 Å². The molecule has 0 atom stereocenters. The van der Waals surface area contributed by atoms with Crippen LogP contribution in [-0.4, -0.2) is 22.9 Å². The molecule has 112 valence electrons. The number of hydrogen-bond acceptors (Lipinski definition) is 5. The van der Waals surface area contributed by atoms with E-state index >= 15 is 0 Å². The minimum absolute atomic E-state index is 0.0259. The highest BCUT2D eigenvalue weighted by Crippen LogP contribution is 2.25. The third kappa shape index (κ3) is 2.98. The molecule has 0 aliphatic carbocycles. The fourth-order valence-corrected chi connectivity index (χ4v) is 3.21. The molecular weight excluding hydrogens is 320 g/mol. The number of nitro groups is 1. The zero-order valence-electron chi connectivity index (χ0n) is 11.1. The second-order valence-electron chi connectivity index (χ2n) is 4.31. The highest BCUT2D eigenvalue weighted by molar-refractivity contribution is 7.92. The van der Waals surface area contributed by atoms with Crippen LogP contribution >= 0.6 is 11.6 Å². The average Bonchev–Trinajstić information content (AvgIpc) is 2.72. The van der Waals surface area contributed by atoms with Gasteiger partial charge in [0.1, 0.15) is 5.15 Å². The Hall–Kier alpha value is -2.13. The van der Waals surface area contributed by atoms with Crippen LogP contribution in [0.4, 0.5) is 11.4 Å². The van der Waals surface area contributed by atoms with Crippen LogP contribution in [-0.2, 0) is 17.1 Å². The Labute approximate surface area is 125 Å². The molecule has 2 aromatic rings. The summed E-state index contributed by atoms with van der Waals surface area (Å²) in [6.07, 6.45) is 1.28. The van der Waals surface area contributed by atoms with Gasteiger partial charge in [0, 0.05) is 19.2 Å². The number of hydrogen-bond donors (Lipinski definition) is 1. The first-order chi connectivity index (χ1) is 9.72. The summed E-state index contributed by atoms with van der Waals surface area (Å²) in [6, 6.07) is 3.81. The molecule has 0 bridgehead atoms. The Balaban J connectivity index is 2.37. The largest absolute Gasteiger partial charge is 0.324 e. The normalized spacial score (nSPS) is 11.4. The maximum absolute atomic E-state index is 12.2. The molecule has 0 saturated carbocycles. The molecule has 0 unspecified atom stereocenters. The average molecular weight is 331 g/mol. The van der Waals surface area contributed by atoms with E-state index in [4.69, 9.17) is 11.6 Å². The van der Waals surface area contributed by atoms with E-state index in [0.717, 1.165) is 0 Å². The minimum atomic E-state index is -3.96. The molecule has 0 saturated heterocycles. The van der Waals surface area contributed by atoms with E-state index in [0.29, 0.717) is 5.56 Å². The number of sulfonamides is 1. The molecule has 1 aromatic heterocycles. The van der Waals surface area contributed by atoms with Crippen LogP contribution in [0.2, 0.25) is 5.15 Å². The van der Waals surface area contributed by atoms with Crippen molar-refractivity contribution in [3.8, 4) is 0 Å². The molecule has 1 heterocycles. The van der Waals surface area contributed by atoms with Crippen LogP contribution in [0.15, 0.2) is 29.6 Å². The van der Waals surface area contributed by atoms with Gasteiger partial charge in [0.2, 0.25) is 5.03 Å². The Bertz CT molecular complexity index is 816. The summed E-state index contributed by atoms with van der Waals surface area (Å²) in [5, 5.41) is 10.3. The van der Waals surface area contributed by atoms with Crippen LogP contribution in [0.25, 0.3) is 0 Å². The van der Waals surface area contributed by atoms with Crippen molar-refractivity contribution in [3.63, 3.8) is 0 Å². The number of non-ortho nitro benzene ring substituents is 1. The number of rotatable bonds is 4. The molecule has 1 N–H and O–H groups in total. The van der Waals surface area contributed by atoms with Gasteiger partial charge in [-0.3, -0.25) is 14.8 Å². The Morgan fingerprint density at radius 2 is 2.10 bits per heavy atom. The van der Waals surface area contributed by atoms with Gasteiger partial charge < -0.3 is 4.57 Å². The lowest BCUT2D eigenvalue weighted by atomic mass is 10.2. The monoisotopic (exact) mass is 330 g/mol. The van der Waals surface area contributed by atoms with E-state index in [1.807, 2.05) is 0 Å². The van der Waals surface area contributed by atoms with Crippen molar-refractivity contribution in [2.75, 3.05) is 4.72 Å². The number of nitrogens with zero attached hydrogens (tertiary/aromatic N) is 3. The number of benzene rings is 1. The molecule has 0 spiro atoms. The summed E-state index contributed by atoms with van der Waals surface area (Å²) in [5.74, 6) is 0. The Kier molecular flexibility index (Phi) is 3.88. The highest BCUT2D eigenvalue weighted by Gasteiger charge is 2.23. The molecule has 10 heteroatoms. The van der Waals surface area contributed by atoms with Gasteiger partial charge in [-0.05, 0) is 18.6 Å². The first-order valence-corrected chi connectivity index (χ1v) is 7.53. The lowest BCUT2D eigenvalue weighted by Crippen LogP contribution is -2.15. The second-order valence-corrected chi connectivity index (χ2v) is 6.27. The maximum atomic E-state index is 12.2. The molecule has 8 nitrogen and oxygen atoms in total. The third-order valence-electron chi connectivity index (χ3n) is 2.75. The summed E-state index contributed by atoms with van der Waals surface area (Å²) in [6.45, 7) is 1.56. The summed E-state index contributed by atoms with van der Waals surface area (Å²) in [7, 11) is -2.40. The van der Waals surface area contributed by atoms with E-state index in [2.05, 4.69) is 9.71 Å². The fourth-order valence-electron chi connectivity index (χ4n) is 1.64. The first-order valence-electron chi connectivity index (χ1n) is 5.67. The van der Waals surface area contributed by atoms with E-state index in [9.17, 15) is 18.5 Å². The second kappa shape index (κ2) is 5.34. The van der Waals surface area contributed by atoms with Crippen LogP contribution in [0, 0.1) is 17.0 Å². The van der Waals surface area contributed by atoms with Crippen LogP contribution in [0.5, 0.6) is 0 Å². The van der Waals surface area contributed by atoms with E-state index < -0.39 is 14.9 Å². The third-order valence-corrected chi connectivity index (χ3v) is 4.61. The van der Waals surface area contributed by atoms with Gasteiger partial charge in [0.15, 0.2) is 0 Å². The molecule has 0 amide bonds. The SMILES string of the molecule is Cc1cc([N+](=O)[O-])ccc1NS(=O)(=O)c1ncn(C)c1Cl. The van der Waals surface area contributed by atoms with Crippen molar-refractivity contribution in [3.05, 3.63) is 45.4 Å². The van der Waals surface area contributed by atoms with Crippen LogP contribution in [0.3, 0.4) is 0 Å². The van der Waals surface area contributed by atoms with Gasteiger partial charge in [-0.2, -0.15) is 8.42 Å². The Morgan fingerprint density at radius 3 is 2.57 bits per heavy atom. The number of aryl methyl sites for hydroxylation is 2. The van der Waals surface area contributed by atoms with Crippen molar-refractivity contribution in [2.45, 2.75) is 11.9 Å². The van der Waals surface area contributed by atoms with Crippen molar-refractivity contribution in [1.82, 2.24) is 9.55 Å². The van der Waals surface area contributed by atoms with E-state index in [1.54, 1.807) is 14.0 Å². The molecule has 0 aliphatic rings. The van der Waals surface area contributed by atoms with Crippen LogP contribution < -0.4 is 4.72 Å². The Morgan fingerprint density at radius 1 is 1.43 bits per heavy atom. The predicted octanol–water partition coefficient (Wildman–Crippen LogP) is 2.09. The van der Waals surface area contributed by atoms with Gasteiger partial charge in [-0.25, -0.2) is 4.98 Å². The number of nitrogens with one attached hydrogen (secondary N) is 1. The summed E-state index contributed by atoms with van der Waals surface area (Å²) < 4.78 is 28.1. The summed E-state index contributed by atoms with van der Waals surface area (Å²) in [4.78, 5) is 13.8. The van der Waals surface area contributed by atoms with Crippen LogP contribution in [0.1, 0.15) is 5.56 Å². The fraction of sp³-hybridized carbons (Fsp3) is 0.182. The first kappa shape index (κ1) is 15.3. The number of nitro benzene ring substituents is 1. The van der Waals surface area contributed by atoms with Gasteiger partial charge in [0.25, 0.3) is 15.7 Å². The predicted molar refractivity (Wildman–Crippen MR) is 76.9 cm³/mol. The van der Waals surface area contributed by atoms with E-state index in [1.165, 1.54) is 29.1 Å². The number of anilines is 1. The molecule has 2 rings (SSSR count). The zero-order chi connectivity index (χ0) is 15.8. The number of halogens is 1. The standard InChI is InChI=1S/C11H11ClN4O4S/c1-7-5-8(16(17)18)3-4-9(7)14-21(19,20)11-10(12)15(2)6-13-11/h3-6,14H,1-2H3. The van der Waals surface area contributed by atoms with Gasteiger partial charge >= 0.3 is 0 Å². The van der Waals surface area contributed by atoms with Gasteiger partial charge in [-0.15, -0.1) is 0 Å². The highest BCUT2D eigenvalue weighted by atomic mass is 35.5. The van der Waals surface area contributed by atoms with E-state index in [-0.39, 0.29) is 21.6 Å². The van der Waals surface area contributed by atoms with Gasteiger partial charge in [0.05, 0.1) is 16.9 Å². The molecule has 0 fully saturated rings. The number of imidazole rings is 1. The molecule has 0 aliphatic heterocycles. The van der Waals surface area contributed by atoms with Crippen molar-refractivity contribution in [1.29, 1.82) is 0 Å². The summed E-state index contributed by atoms with van der Waals surface area (Å²) in [5.41, 5.74) is 0.522. The van der Waals surface area contributed by atoms with Crippen molar-refractivity contribution < 1.29 is 13.3 Å². The maximum Gasteiger partial charge on any atom is 0.282 e. The zero-order valence-corrected chi connectivity index (χ0v) is 12.6. The van der Waals surface area contributed by atoms with Gasteiger partial charge in [-0.1, -0.05) is 11.6 Å². The smallest absolute Gasteiger partial charge is 0.282 e. The quantitative estimate of drug-likeness (QED) is 0.682. The summed E-state index contributed by atoms with van der Waals surface area (Å²) >= 11 is 5.86. The number of aromatic nitrogens is 2. The molecular formula is C11H11ClN4O4S. The molecule has 21 heavy (non-hydrogen) atoms. The minimum Gasteiger partial charge on any atom is -0.324 e. The lowest BCUT2D eigenvalue weighted by molar-refractivity contribution is -0.384. The topological polar surface area (TPSA) is 107 Å². The molecule has 0 radical (unpaired) electrons.